The molecule has 0 bridgehead atoms. The van der Waals surface area contributed by atoms with E-state index in [9.17, 15) is 14.4 Å². The largest absolute Gasteiger partial charge is 0.444 e. The lowest BCUT2D eigenvalue weighted by Crippen LogP contribution is -2.58. The second-order valence-corrected chi connectivity index (χ2v) is 10.9. The summed E-state index contributed by atoms with van der Waals surface area (Å²) >= 11 is 0. The fourth-order valence-electron chi connectivity index (χ4n) is 3.47. The summed E-state index contributed by atoms with van der Waals surface area (Å²) in [5.74, 6) is -0.743. The van der Waals surface area contributed by atoms with Crippen molar-refractivity contribution in [2.45, 2.75) is 105 Å². The average molecular weight is 462 g/mol. The molecule has 7 heteroatoms. The number of amides is 3. The van der Waals surface area contributed by atoms with Crippen molar-refractivity contribution >= 4 is 17.9 Å². The maximum atomic E-state index is 13.9. The monoisotopic (exact) mass is 461 g/mol. The predicted molar refractivity (Wildman–Crippen MR) is 132 cm³/mol. The average Bonchev–Trinajstić information content (AvgIpc) is 2.66. The van der Waals surface area contributed by atoms with Crippen LogP contribution in [0.1, 0.15) is 87.3 Å². The number of rotatable bonds is 8. The Balaban J connectivity index is 3.45. The van der Waals surface area contributed by atoms with Crippen LogP contribution >= 0.6 is 0 Å². The number of alkyl carbamates (subject to hydrolysis) is 1. The smallest absolute Gasteiger partial charge is 0.408 e. The van der Waals surface area contributed by atoms with Gasteiger partial charge in [-0.1, -0.05) is 50.6 Å². The highest BCUT2D eigenvalue weighted by molar-refractivity contribution is 5.92. The molecule has 0 spiro atoms. The highest BCUT2D eigenvalue weighted by Crippen LogP contribution is 2.27. The van der Waals surface area contributed by atoms with E-state index < -0.39 is 29.3 Å². The van der Waals surface area contributed by atoms with Gasteiger partial charge >= 0.3 is 6.09 Å². The fourth-order valence-corrected chi connectivity index (χ4v) is 3.47. The molecule has 33 heavy (non-hydrogen) atoms. The summed E-state index contributed by atoms with van der Waals surface area (Å²) in [6.45, 7) is 18.6. The van der Waals surface area contributed by atoms with E-state index in [2.05, 4.69) is 10.6 Å². The Morgan fingerprint density at radius 1 is 0.970 bits per heavy atom. The van der Waals surface area contributed by atoms with Gasteiger partial charge in [0.15, 0.2) is 0 Å². The molecule has 1 aromatic rings. The van der Waals surface area contributed by atoms with Gasteiger partial charge in [-0.25, -0.2) is 4.79 Å². The summed E-state index contributed by atoms with van der Waals surface area (Å²) in [5, 5.41) is 5.79. The Morgan fingerprint density at radius 2 is 1.52 bits per heavy atom. The van der Waals surface area contributed by atoms with Crippen molar-refractivity contribution in [3.05, 3.63) is 35.9 Å². The molecule has 0 radical (unpaired) electrons. The molecule has 7 nitrogen and oxygen atoms in total. The van der Waals surface area contributed by atoms with Crippen molar-refractivity contribution in [3.63, 3.8) is 0 Å². The van der Waals surface area contributed by atoms with Crippen molar-refractivity contribution < 1.29 is 19.1 Å². The highest BCUT2D eigenvalue weighted by Gasteiger charge is 2.40. The van der Waals surface area contributed by atoms with Crippen LogP contribution < -0.4 is 10.6 Å². The first-order valence-electron chi connectivity index (χ1n) is 11.8. The lowest BCUT2D eigenvalue weighted by Gasteiger charge is -2.39. The molecule has 0 aliphatic rings. The van der Waals surface area contributed by atoms with Crippen LogP contribution in [0.3, 0.4) is 0 Å². The van der Waals surface area contributed by atoms with Crippen LogP contribution in [-0.4, -0.2) is 46.0 Å². The normalized spacial score (nSPS) is 14.8. The first-order valence-corrected chi connectivity index (χ1v) is 11.8. The third-order valence-corrected chi connectivity index (χ3v) is 5.10. The van der Waals surface area contributed by atoms with Crippen molar-refractivity contribution in [2.75, 3.05) is 0 Å². The number of nitrogens with zero attached hydrogens (tertiary/aromatic N) is 1. The molecule has 3 amide bonds. The summed E-state index contributed by atoms with van der Waals surface area (Å²) in [7, 11) is 0. The number of ether oxygens (including phenoxy) is 1. The molecule has 0 aliphatic carbocycles. The molecule has 0 fully saturated rings. The molecular formula is C26H43N3O4. The second-order valence-electron chi connectivity index (χ2n) is 10.9. The van der Waals surface area contributed by atoms with Crippen LogP contribution in [0.25, 0.3) is 0 Å². The summed E-state index contributed by atoms with van der Waals surface area (Å²) in [5.41, 5.74) is -0.452. The van der Waals surface area contributed by atoms with E-state index in [0.29, 0.717) is 12.0 Å². The molecule has 0 saturated carbocycles. The Hall–Kier alpha value is -2.57. The molecule has 3 atom stereocenters. The van der Waals surface area contributed by atoms with Crippen LogP contribution in [0.4, 0.5) is 4.79 Å². The van der Waals surface area contributed by atoms with Crippen LogP contribution in [0.2, 0.25) is 0 Å². The van der Waals surface area contributed by atoms with Crippen LogP contribution in [-0.2, 0) is 14.3 Å². The number of carbonyl (C=O) groups is 3. The molecular weight excluding hydrogens is 418 g/mol. The molecule has 0 heterocycles. The highest BCUT2D eigenvalue weighted by atomic mass is 16.6. The lowest BCUT2D eigenvalue weighted by molar-refractivity contribution is -0.146. The Labute approximate surface area is 199 Å². The fraction of sp³-hybridized carbons (Fsp3) is 0.654. The van der Waals surface area contributed by atoms with E-state index in [0.717, 1.165) is 0 Å². The van der Waals surface area contributed by atoms with Gasteiger partial charge in [-0.2, -0.15) is 0 Å². The lowest BCUT2D eigenvalue weighted by atomic mass is 9.94. The first-order chi connectivity index (χ1) is 15.1. The first kappa shape index (κ1) is 28.5. The van der Waals surface area contributed by atoms with Gasteiger partial charge in [-0.15, -0.1) is 0 Å². The van der Waals surface area contributed by atoms with Crippen molar-refractivity contribution in [1.29, 1.82) is 0 Å². The van der Waals surface area contributed by atoms with Gasteiger partial charge in [0, 0.05) is 11.6 Å². The third kappa shape index (κ3) is 9.06. The maximum absolute atomic E-state index is 13.9. The molecule has 1 rings (SSSR count). The predicted octanol–water partition coefficient (Wildman–Crippen LogP) is 4.82. The van der Waals surface area contributed by atoms with E-state index in [1.54, 1.807) is 25.7 Å². The van der Waals surface area contributed by atoms with E-state index in [-0.39, 0.29) is 23.8 Å². The minimum Gasteiger partial charge on any atom is -0.444 e. The minimum absolute atomic E-state index is 0.159. The third-order valence-electron chi connectivity index (χ3n) is 5.10. The Morgan fingerprint density at radius 3 is 1.94 bits per heavy atom. The number of hydrogen-bond donors (Lipinski definition) is 2. The zero-order valence-corrected chi connectivity index (χ0v) is 22.0. The summed E-state index contributed by atoms with van der Waals surface area (Å²) < 4.78 is 5.41. The second kappa shape index (κ2) is 11.5. The molecule has 3 unspecified atom stereocenters. The summed E-state index contributed by atoms with van der Waals surface area (Å²) in [6.07, 6.45) is 0.0164. The minimum atomic E-state index is -0.843. The van der Waals surface area contributed by atoms with Gasteiger partial charge < -0.3 is 20.3 Å². The number of hydrogen-bond acceptors (Lipinski definition) is 4. The van der Waals surface area contributed by atoms with Crippen molar-refractivity contribution in [2.24, 2.45) is 5.92 Å². The van der Waals surface area contributed by atoms with Crippen molar-refractivity contribution in [1.82, 2.24) is 15.5 Å². The number of benzene rings is 1. The van der Waals surface area contributed by atoms with Gasteiger partial charge in [0.1, 0.15) is 17.7 Å². The van der Waals surface area contributed by atoms with Crippen molar-refractivity contribution in [3.8, 4) is 0 Å². The quantitative estimate of drug-likeness (QED) is 0.581. The Bertz CT molecular complexity index is 794. The van der Waals surface area contributed by atoms with Crippen LogP contribution in [0.5, 0.6) is 0 Å². The zero-order valence-electron chi connectivity index (χ0n) is 22.0. The number of nitrogens with one attached hydrogen (secondary N) is 2. The number of carbonyl (C=O) groups excluding carboxylic acids is 3. The van der Waals surface area contributed by atoms with E-state index >= 15 is 0 Å². The van der Waals surface area contributed by atoms with E-state index in [4.69, 9.17) is 4.74 Å². The standard InChI is InChI=1S/C26H43N3O4/c1-11-18(4)20(27-24(32)33-26(8,9)10)23(31)29(17(2)3)21(19-15-13-12-14-16-19)22(30)28-25(5,6)7/h12-18,20-21H,11H2,1-10H3,(H,27,32)(H,28,30). The Kier molecular flexibility index (Phi) is 9.94. The van der Waals surface area contributed by atoms with Gasteiger partial charge in [0.2, 0.25) is 11.8 Å². The molecule has 0 saturated heterocycles. The van der Waals surface area contributed by atoms with Crippen LogP contribution in [0, 0.1) is 5.92 Å². The topological polar surface area (TPSA) is 87.7 Å². The van der Waals surface area contributed by atoms with Gasteiger partial charge in [0.25, 0.3) is 0 Å². The molecule has 0 aromatic heterocycles. The van der Waals surface area contributed by atoms with E-state index in [1.807, 2.05) is 78.8 Å². The van der Waals surface area contributed by atoms with Gasteiger partial charge in [-0.3, -0.25) is 9.59 Å². The summed E-state index contributed by atoms with van der Waals surface area (Å²) in [6, 6.07) is 7.29. The summed E-state index contributed by atoms with van der Waals surface area (Å²) in [4.78, 5) is 41.5. The van der Waals surface area contributed by atoms with E-state index in [1.165, 1.54) is 0 Å². The molecule has 186 valence electrons. The maximum Gasteiger partial charge on any atom is 0.408 e. The van der Waals surface area contributed by atoms with Crippen LogP contribution in [0.15, 0.2) is 30.3 Å². The van der Waals surface area contributed by atoms with Gasteiger partial charge in [-0.05, 0) is 66.9 Å². The zero-order chi connectivity index (χ0) is 25.6. The molecule has 0 aliphatic heterocycles. The van der Waals surface area contributed by atoms with Gasteiger partial charge in [0.05, 0.1) is 0 Å². The molecule has 1 aromatic carbocycles. The SMILES string of the molecule is CCC(C)C(NC(=O)OC(C)(C)C)C(=O)N(C(C)C)C(C(=O)NC(C)(C)C)c1ccccc1. The molecule has 2 N–H and O–H groups in total.